The van der Waals surface area contributed by atoms with Gasteiger partial charge in [0.2, 0.25) is 0 Å². The van der Waals surface area contributed by atoms with Crippen LogP contribution in [0.15, 0.2) is 46.9 Å². The number of aliphatic hydroxyl groups is 1. The third-order valence-electron chi connectivity index (χ3n) is 3.95. The molecule has 0 aliphatic heterocycles. The zero-order valence-corrected chi connectivity index (χ0v) is 12.7. The molecule has 0 radical (unpaired) electrons. The number of rotatable bonds is 2. The van der Waals surface area contributed by atoms with Crippen LogP contribution in [0.3, 0.4) is 0 Å². The van der Waals surface area contributed by atoms with Crippen molar-refractivity contribution >= 4 is 15.9 Å². The first-order valence-corrected chi connectivity index (χ1v) is 7.58. The second-order valence-electron chi connectivity index (χ2n) is 5.62. The van der Waals surface area contributed by atoms with Crippen molar-refractivity contribution in [2.75, 3.05) is 0 Å². The Morgan fingerprint density at radius 3 is 2.65 bits per heavy atom. The highest BCUT2D eigenvalue weighted by Crippen LogP contribution is 2.32. The molecule has 0 saturated carbocycles. The van der Waals surface area contributed by atoms with E-state index in [4.69, 9.17) is 0 Å². The van der Waals surface area contributed by atoms with Crippen molar-refractivity contribution in [3.05, 3.63) is 69.4 Å². The van der Waals surface area contributed by atoms with Crippen LogP contribution in [-0.4, -0.2) is 10.7 Å². The van der Waals surface area contributed by atoms with E-state index in [0.717, 1.165) is 18.4 Å². The van der Waals surface area contributed by atoms with Gasteiger partial charge >= 0.3 is 0 Å². The highest BCUT2D eigenvalue weighted by molar-refractivity contribution is 9.10. The lowest BCUT2D eigenvalue weighted by atomic mass is 9.77. The molecule has 1 aliphatic carbocycles. The summed E-state index contributed by atoms with van der Waals surface area (Å²) in [5.74, 6) is -0.269. The summed E-state index contributed by atoms with van der Waals surface area (Å²) in [7, 11) is 0. The molecule has 1 unspecified atom stereocenters. The first kappa shape index (κ1) is 13.8. The van der Waals surface area contributed by atoms with Gasteiger partial charge in [-0.3, -0.25) is 0 Å². The van der Waals surface area contributed by atoms with Crippen LogP contribution in [0.1, 0.15) is 23.1 Å². The van der Waals surface area contributed by atoms with E-state index in [0.29, 0.717) is 17.3 Å². The average Bonchev–Trinajstić information content (AvgIpc) is 2.36. The maximum atomic E-state index is 13.4. The summed E-state index contributed by atoms with van der Waals surface area (Å²) in [6.07, 6.45) is 2.72. The van der Waals surface area contributed by atoms with Gasteiger partial charge in [-0.25, -0.2) is 4.39 Å². The fourth-order valence-electron chi connectivity index (χ4n) is 3.03. The zero-order chi connectivity index (χ0) is 14.2. The highest BCUT2D eigenvalue weighted by Gasteiger charge is 2.32. The molecule has 2 aromatic rings. The van der Waals surface area contributed by atoms with Crippen LogP contribution in [0, 0.1) is 5.82 Å². The van der Waals surface area contributed by atoms with Crippen molar-refractivity contribution < 1.29 is 9.50 Å². The minimum absolute atomic E-state index is 0.269. The Morgan fingerprint density at radius 2 is 1.90 bits per heavy atom. The summed E-state index contributed by atoms with van der Waals surface area (Å²) in [5, 5.41) is 10.8. The molecule has 0 fully saturated rings. The Labute approximate surface area is 126 Å². The number of benzene rings is 2. The molecule has 0 amide bonds. The van der Waals surface area contributed by atoms with E-state index >= 15 is 0 Å². The van der Waals surface area contributed by atoms with Crippen molar-refractivity contribution in [1.82, 2.24) is 0 Å². The fourth-order valence-corrected chi connectivity index (χ4v) is 3.54. The first-order chi connectivity index (χ1) is 9.54. The third kappa shape index (κ3) is 2.94. The lowest BCUT2D eigenvalue weighted by Crippen LogP contribution is -2.38. The maximum Gasteiger partial charge on any atom is 0.124 e. The van der Waals surface area contributed by atoms with Gasteiger partial charge in [-0.05, 0) is 47.7 Å². The lowest BCUT2D eigenvalue weighted by Gasteiger charge is -2.33. The highest BCUT2D eigenvalue weighted by atomic mass is 79.9. The van der Waals surface area contributed by atoms with Crippen molar-refractivity contribution in [3.63, 3.8) is 0 Å². The summed E-state index contributed by atoms with van der Waals surface area (Å²) < 4.78 is 14.1. The number of hydrogen-bond donors (Lipinski definition) is 1. The van der Waals surface area contributed by atoms with E-state index in [-0.39, 0.29) is 5.82 Å². The van der Waals surface area contributed by atoms with E-state index < -0.39 is 5.60 Å². The number of fused-ring (bicyclic) bond motifs is 1. The maximum absolute atomic E-state index is 13.4. The van der Waals surface area contributed by atoms with Gasteiger partial charge < -0.3 is 5.11 Å². The molecule has 3 heteroatoms. The van der Waals surface area contributed by atoms with Crippen LogP contribution in [0.5, 0.6) is 0 Å². The molecule has 1 atom stereocenters. The van der Waals surface area contributed by atoms with Crippen molar-refractivity contribution in [3.8, 4) is 0 Å². The lowest BCUT2D eigenvalue weighted by molar-refractivity contribution is 0.0267. The first-order valence-electron chi connectivity index (χ1n) is 6.78. The predicted octanol–water partition coefficient (Wildman–Crippen LogP) is 4.05. The van der Waals surface area contributed by atoms with Gasteiger partial charge in [-0.15, -0.1) is 0 Å². The van der Waals surface area contributed by atoms with Crippen molar-refractivity contribution in [2.45, 2.75) is 31.3 Å². The largest absolute Gasteiger partial charge is 0.389 e. The Hall–Kier alpha value is -1.19. The summed E-state index contributed by atoms with van der Waals surface area (Å²) in [4.78, 5) is 0. The predicted molar refractivity (Wildman–Crippen MR) is 81.2 cm³/mol. The van der Waals surface area contributed by atoms with E-state index in [9.17, 15) is 9.50 Å². The second-order valence-corrected chi connectivity index (χ2v) is 6.54. The van der Waals surface area contributed by atoms with E-state index in [1.807, 2.05) is 18.2 Å². The Morgan fingerprint density at radius 1 is 1.15 bits per heavy atom. The van der Waals surface area contributed by atoms with Crippen LogP contribution >= 0.6 is 15.9 Å². The molecule has 1 aliphatic rings. The Balaban J connectivity index is 1.84. The van der Waals surface area contributed by atoms with E-state index in [2.05, 4.69) is 28.1 Å². The Bertz CT molecular complexity index is 620. The van der Waals surface area contributed by atoms with E-state index in [1.165, 1.54) is 23.3 Å². The number of hydrogen-bond acceptors (Lipinski definition) is 1. The van der Waals surface area contributed by atoms with Gasteiger partial charge in [0, 0.05) is 17.3 Å². The van der Waals surface area contributed by atoms with Crippen LogP contribution in [0.25, 0.3) is 0 Å². The van der Waals surface area contributed by atoms with Gasteiger partial charge in [0.25, 0.3) is 0 Å². The standard InChI is InChI=1S/C17H16BrFO/c18-15-7-12(8-16(19)9-15)10-17(20)6-5-13-3-1-2-4-14(13)11-17/h1-4,7-9,20H,5-6,10-11H2. The van der Waals surface area contributed by atoms with Crippen LogP contribution in [-0.2, 0) is 19.3 Å². The van der Waals surface area contributed by atoms with Gasteiger partial charge in [-0.1, -0.05) is 40.2 Å². The molecule has 20 heavy (non-hydrogen) atoms. The second kappa shape index (κ2) is 5.30. The zero-order valence-electron chi connectivity index (χ0n) is 11.1. The van der Waals surface area contributed by atoms with Crippen LogP contribution in [0.4, 0.5) is 4.39 Å². The van der Waals surface area contributed by atoms with Gasteiger partial charge in [0.15, 0.2) is 0 Å². The SMILES string of the molecule is OC1(Cc2cc(F)cc(Br)c2)CCc2ccccc2C1. The summed E-state index contributed by atoms with van der Waals surface area (Å²) in [6.45, 7) is 0. The minimum atomic E-state index is -0.776. The fraction of sp³-hybridized carbons (Fsp3) is 0.294. The van der Waals surface area contributed by atoms with E-state index in [1.54, 1.807) is 0 Å². The molecule has 3 rings (SSSR count). The molecule has 1 nitrogen and oxygen atoms in total. The number of halogens is 2. The van der Waals surface area contributed by atoms with Crippen molar-refractivity contribution in [2.24, 2.45) is 0 Å². The summed E-state index contributed by atoms with van der Waals surface area (Å²) >= 11 is 3.30. The molecule has 1 N–H and O–H groups in total. The molecule has 104 valence electrons. The normalized spacial score (nSPS) is 21.6. The monoisotopic (exact) mass is 334 g/mol. The summed E-state index contributed by atoms with van der Waals surface area (Å²) in [6, 6.07) is 13.0. The molecule has 0 saturated heterocycles. The molecule has 2 aromatic carbocycles. The van der Waals surface area contributed by atoms with Gasteiger partial charge in [0.05, 0.1) is 5.60 Å². The molecule has 0 heterocycles. The third-order valence-corrected chi connectivity index (χ3v) is 4.41. The van der Waals surface area contributed by atoms with Crippen LogP contribution in [0.2, 0.25) is 0 Å². The molecular formula is C17H16BrFO. The Kier molecular flexibility index (Phi) is 3.65. The molecular weight excluding hydrogens is 319 g/mol. The van der Waals surface area contributed by atoms with Crippen molar-refractivity contribution in [1.29, 1.82) is 0 Å². The van der Waals surface area contributed by atoms with Gasteiger partial charge in [0.1, 0.15) is 5.82 Å². The quantitative estimate of drug-likeness (QED) is 0.878. The molecule has 0 bridgehead atoms. The molecule has 0 spiro atoms. The molecule has 0 aromatic heterocycles. The summed E-state index contributed by atoms with van der Waals surface area (Å²) in [5.41, 5.74) is 2.58. The smallest absolute Gasteiger partial charge is 0.124 e. The average molecular weight is 335 g/mol. The van der Waals surface area contributed by atoms with Crippen LogP contribution < -0.4 is 0 Å². The van der Waals surface area contributed by atoms with Gasteiger partial charge in [-0.2, -0.15) is 0 Å². The number of aryl methyl sites for hydroxylation is 1. The minimum Gasteiger partial charge on any atom is -0.389 e. The topological polar surface area (TPSA) is 20.2 Å².